The molecule has 2 heterocycles. The zero-order valence-electron chi connectivity index (χ0n) is 18.1. The van der Waals surface area contributed by atoms with Crippen LogP contribution in [-0.4, -0.2) is 9.97 Å². The average molecular weight is 438 g/mol. The molecular weight excluding hydrogens is 420 g/mol. The highest BCUT2D eigenvalue weighted by Gasteiger charge is 2.25. The number of nitriles is 1. The number of hydrogen-bond donors (Lipinski definition) is 0. The number of nitrogens with zero attached hydrogens (tertiary/aromatic N) is 4. The first kappa shape index (κ1) is 19.7. The second-order valence-electron chi connectivity index (χ2n) is 7.86. The summed E-state index contributed by atoms with van der Waals surface area (Å²) >= 11 is 0. The molecule has 0 saturated carbocycles. The first-order valence-electron chi connectivity index (χ1n) is 10.9. The Morgan fingerprint density at radius 2 is 1.26 bits per heavy atom. The number of aromatic nitrogens is 2. The van der Waals surface area contributed by atoms with E-state index >= 15 is 0 Å². The topological polar surface area (TPSA) is 62.0 Å². The summed E-state index contributed by atoms with van der Waals surface area (Å²) in [5, 5.41) is 9.52. The van der Waals surface area contributed by atoms with Gasteiger partial charge in [-0.3, -0.25) is 0 Å². The molecule has 34 heavy (non-hydrogen) atoms. The Morgan fingerprint density at radius 3 is 1.91 bits per heavy atom. The molecule has 5 heteroatoms. The van der Waals surface area contributed by atoms with Crippen LogP contribution in [0.5, 0.6) is 11.5 Å². The average Bonchev–Trinajstić information content (AvgIpc) is 2.92. The van der Waals surface area contributed by atoms with Crippen LogP contribution in [0.25, 0.3) is 22.6 Å². The quantitative estimate of drug-likeness (QED) is 0.291. The Bertz CT molecular complexity index is 1490. The molecule has 0 saturated heterocycles. The van der Waals surface area contributed by atoms with Gasteiger partial charge in [0.25, 0.3) is 0 Å². The van der Waals surface area contributed by atoms with Gasteiger partial charge in [-0.05, 0) is 48.5 Å². The van der Waals surface area contributed by atoms with Crippen LogP contribution in [0.15, 0.2) is 109 Å². The zero-order valence-corrected chi connectivity index (χ0v) is 18.1. The summed E-state index contributed by atoms with van der Waals surface area (Å²) in [6.45, 7) is 0. The maximum absolute atomic E-state index is 9.52. The highest BCUT2D eigenvalue weighted by atomic mass is 16.5. The fourth-order valence-electron chi connectivity index (χ4n) is 4.13. The third-order valence-corrected chi connectivity index (χ3v) is 5.73. The van der Waals surface area contributed by atoms with E-state index in [-0.39, 0.29) is 0 Å². The van der Waals surface area contributed by atoms with E-state index in [1.807, 2.05) is 103 Å². The van der Waals surface area contributed by atoms with Crippen molar-refractivity contribution in [2.75, 3.05) is 4.90 Å². The first-order valence-corrected chi connectivity index (χ1v) is 10.9. The molecular formula is C29H18N4O. The molecule has 0 amide bonds. The minimum absolute atomic E-state index is 0.337. The van der Waals surface area contributed by atoms with E-state index in [2.05, 4.69) is 16.0 Å². The number of fused-ring (bicyclic) bond motifs is 2. The monoisotopic (exact) mass is 438 g/mol. The van der Waals surface area contributed by atoms with Crippen molar-refractivity contribution in [3.8, 4) is 40.2 Å². The third-order valence-electron chi connectivity index (χ3n) is 5.73. The van der Waals surface area contributed by atoms with Crippen molar-refractivity contribution in [3.05, 3.63) is 115 Å². The van der Waals surface area contributed by atoms with Crippen molar-refractivity contribution in [1.29, 1.82) is 5.26 Å². The van der Waals surface area contributed by atoms with E-state index in [0.717, 1.165) is 45.4 Å². The Hall–Kier alpha value is -4.95. The molecule has 0 aliphatic carbocycles. The van der Waals surface area contributed by atoms with Gasteiger partial charge in [0.05, 0.1) is 17.1 Å². The molecule has 5 aromatic rings. The molecule has 1 aliphatic heterocycles. The molecule has 1 aliphatic rings. The van der Waals surface area contributed by atoms with E-state index in [9.17, 15) is 5.26 Å². The lowest BCUT2D eigenvalue weighted by Gasteiger charge is -2.32. The highest BCUT2D eigenvalue weighted by molar-refractivity contribution is 5.86. The summed E-state index contributed by atoms with van der Waals surface area (Å²) in [5.74, 6) is 2.14. The van der Waals surface area contributed by atoms with Gasteiger partial charge in [-0.15, -0.1) is 0 Å². The number of benzene rings is 4. The standard InChI is InChI=1S/C29H18N4O/c30-19-22-18-24(20-8-2-1-3-9-20)32-29(31-22)21-14-16-23(17-15-21)33-25-10-4-6-12-27(25)34-28-13-7-5-11-26(28)33/h1-18H. The molecule has 160 valence electrons. The van der Waals surface area contributed by atoms with Crippen LogP contribution >= 0.6 is 0 Å². The van der Waals surface area contributed by atoms with Gasteiger partial charge < -0.3 is 9.64 Å². The second kappa shape index (κ2) is 8.19. The first-order chi connectivity index (χ1) is 16.8. The van der Waals surface area contributed by atoms with Crippen LogP contribution in [0.2, 0.25) is 0 Å². The van der Waals surface area contributed by atoms with Gasteiger partial charge >= 0.3 is 0 Å². The Labute approximate surface area is 197 Å². The maximum Gasteiger partial charge on any atom is 0.161 e. The normalized spacial score (nSPS) is 11.7. The molecule has 0 N–H and O–H groups in total. The SMILES string of the molecule is N#Cc1cc(-c2ccccc2)nc(-c2ccc(N3c4ccccc4Oc4ccccc43)cc2)n1. The molecule has 0 fully saturated rings. The van der Waals surface area contributed by atoms with Crippen LogP contribution in [0.4, 0.5) is 17.1 Å². The van der Waals surface area contributed by atoms with Gasteiger partial charge in [0.2, 0.25) is 0 Å². The van der Waals surface area contributed by atoms with Crippen molar-refractivity contribution in [1.82, 2.24) is 9.97 Å². The fraction of sp³-hybridized carbons (Fsp3) is 0. The summed E-state index contributed by atoms with van der Waals surface area (Å²) in [4.78, 5) is 11.4. The minimum Gasteiger partial charge on any atom is -0.453 e. The van der Waals surface area contributed by atoms with Crippen molar-refractivity contribution in [3.63, 3.8) is 0 Å². The van der Waals surface area contributed by atoms with Crippen LogP contribution in [0, 0.1) is 11.3 Å². The number of anilines is 3. The van der Waals surface area contributed by atoms with E-state index in [1.165, 1.54) is 0 Å². The van der Waals surface area contributed by atoms with Crippen molar-refractivity contribution in [2.24, 2.45) is 0 Å². The summed E-state index contributed by atoms with van der Waals surface area (Å²) in [6, 6.07) is 37.7. The second-order valence-corrected chi connectivity index (χ2v) is 7.86. The Kier molecular flexibility index (Phi) is 4.75. The summed E-state index contributed by atoms with van der Waals surface area (Å²) < 4.78 is 6.11. The van der Waals surface area contributed by atoms with E-state index in [0.29, 0.717) is 11.5 Å². The maximum atomic E-state index is 9.52. The zero-order chi connectivity index (χ0) is 22.9. The van der Waals surface area contributed by atoms with E-state index < -0.39 is 0 Å². The van der Waals surface area contributed by atoms with Gasteiger partial charge in [0.1, 0.15) is 11.8 Å². The number of para-hydroxylation sites is 4. The predicted octanol–water partition coefficient (Wildman–Crippen LogP) is 7.26. The van der Waals surface area contributed by atoms with Crippen LogP contribution in [0.1, 0.15) is 5.69 Å². The summed E-state index contributed by atoms with van der Waals surface area (Å²) in [7, 11) is 0. The van der Waals surface area contributed by atoms with Gasteiger partial charge in [0, 0.05) is 22.9 Å². The summed E-state index contributed by atoms with van der Waals surface area (Å²) in [5.41, 5.74) is 5.79. The molecule has 0 unspecified atom stereocenters. The summed E-state index contributed by atoms with van der Waals surface area (Å²) in [6.07, 6.45) is 0. The predicted molar refractivity (Wildman–Crippen MR) is 132 cm³/mol. The smallest absolute Gasteiger partial charge is 0.161 e. The Balaban J connectivity index is 1.42. The van der Waals surface area contributed by atoms with E-state index in [1.54, 1.807) is 6.07 Å². The van der Waals surface area contributed by atoms with Crippen LogP contribution in [-0.2, 0) is 0 Å². The van der Waals surface area contributed by atoms with Crippen LogP contribution in [0.3, 0.4) is 0 Å². The third kappa shape index (κ3) is 3.44. The molecule has 0 bridgehead atoms. The highest BCUT2D eigenvalue weighted by Crippen LogP contribution is 2.50. The molecule has 0 spiro atoms. The molecule has 4 aromatic carbocycles. The number of ether oxygens (including phenoxy) is 1. The number of rotatable bonds is 3. The lowest BCUT2D eigenvalue weighted by atomic mass is 10.1. The van der Waals surface area contributed by atoms with Gasteiger partial charge in [0.15, 0.2) is 17.3 Å². The van der Waals surface area contributed by atoms with Crippen molar-refractivity contribution < 1.29 is 4.74 Å². The fourth-order valence-corrected chi connectivity index (χ4v) is 4.13. The van der Waals surface area contributed by atoms with Crippen molar-refractivity contribution >= 4 is 17.1 Å². The molecule has 1 aromatic heterocycles. The molecule has 5 nitrogen and oxygen atoms in total. The lowest BCUT2D eigenvalue weighted by Crippen LogP contribution is -2.15. The van der Waals surface area contributed by atoms with Gasteiger partial charge in [-0.1, -0.05) is 54.6 Å². The molecule has 0 radical (unpaired) electrons. The number of hydrogen-bond acceptors (Lipinski definition) is 5. The van der Waals surface area contributed by atoms with Crippen LogP contribution < -0.4 is 9.64 Å². The molecule has 6 rings (SSSR count). The lowest BCUT2D eigenvalue weighted by molar-refractivity contribution is 0.477. The van der Waals surface area contributed by atoms with Crippen molar-refractivity contribution in [2.45, 2.75) is 0 Å². The molecule has 0 atom stereocenters. The Morgan fingerprint density at radius 1 is 0.647 bits per heavy atom. The van der Waals surface area contributed by atoms with Gasteiger partial charge in [-0.25, -0.2) is 9.97 Å². The minimum atomic E-state index is 0.337. The van der Waals surface area contributed by atoms with Gasteiger partial charge in [-0.2, -0.15) is 5.26 Å². The largest absolute Gasteiger partial charge is 0.453 e. The van der Waals surface area contributed by atoms with E-state index in [4.69, 9.17) is 9.72 Å².